The highest BCUT2D eigenvalue weighted by molar-refractivity contribution is 7.99. The average molecular weight is 454 g/mol. The zero-order chi connectivity index (χ0) is 23.0. The Hall–Kier alpha value is -3.14. The number of hydrogen-bond acceptors (Lipinski definition) is 6. The second kappa shape index (κ2) is 8.78. The number of thioether (sulfide) groups is 1. The molecule has 4 aromatic rings. The van der Waals surface area contributed by atoms with Gasteiger partial charge in [-0.1, -0.05) is 37.7 Å². The van der Waals surface area contributed by atoms with Crippen molar-refractivity contribution in [2.24, 2.45) is 13.0 Å². The van der Waals surface area contributed by atoms with Gasteiger partial charge < -0.3 is 5.32 Å². The molecule has 1 amide bonds. The third-order valence-corrected chi connectivity index (χ3v) is 6.44. The van der Waals surface area contributed by atoms with Crippen molar-refractivity contribution in [1.29, 1.82) is 0 Å². The van der Waals surface area contributed by atoms with Crippen molar-refractivity contribution in [3.05, 3.63) is 46.0 Å². The number of amides is 1. The standard InChI is InChI=1S/C22H27N7O2S/c1-13(2)10-11-28-20(31)16-8-6-7-9-17(16)29-21(28)24-25-22(29)32-12-18(30)23-19-14(3)26-27(5)15(19)4/h6-9,13H,10-12H2,1-5H3,(H,23,30). The minimum absolute atomic E-state index is 0.0713. The van der Waals surface area contributed by atoms with Crippen LogP contribution in [0.3, 0.4) is 0 Å². The molecule has 3 heterocycles. The lowest BCUT2D eigenvalue weighted by Crippen LogP contribution is -2.24. The topological polar surface area (TPSA) is 99.1 Å². The van der Waals surface area contributed by atoms with E-state index in [2.05, 4.69) is 34.5 Å². The number of nitrogens with zero attached hydrogens (tertiary/aromatic N) is 6. The maximum Gasteiger partial charge on any atom is 0.262 e. The van der Waals surface area contributed by atoms with Crippen molar-refractivity contribution in [2.45, 2.75) is 45.8 Å². The molecule has 32 heavy (non-hydrogen) atoms. The van der Waals surface area contributed by atoms with Gasteiger partial charge in [-0.05, 0) is 38.3 Å². The van der Waals surface area contributed by atoms with Crippen LogP contribution < -0.4 is 10.9 Å². The summed E-state index contributed by atoms with van der Waals surface area (Å²) in [5.74, 6) is 0.960. The number of carbonyl (C=O) groups excluding carboxylic acids is 1. The molecule has 1 N–H and O–H groups in total. The molecule has 0 aliphatic heterocycles. The van der Waals surface area contributed by atoms with Crippen molar-refractivity contribution in [2.75, 3.05) is 11.1 Å². The largest absolute Gasteiger partial charge is 0.322 e. The summed E-state index contributed by atoms with van der Waals surface area (Å²) in [6, 6.07) is 7.44. The number of rotatable bonds is 7. The zero-order valence-electron chi connectivity index (χ0n) is 18.9. The van der Waals surface area contributed by atoms with Gasteiger partial charge in [0.15, 0.2) is 5.16 Å². The Morgan fingerprint density at radius 1 is 1.19 bits per heavy atom. The molecule has 1 aromatic carbocycles. The van der Waals surface area contributed by atoms with Crippen LogP contribution in [0.4, 0.5) is 5.69 Å². The predicted molar refractivity (Wildman–Crippen MR) is 126 cm³/mol. The molecule has 9 nitrogen and oxygen atoms in total. The summed E-state index contributed by atoms with van der Waals surface area (Å²) in [6.07, 6.45) is 0.857. The molecule has 0 atom stereocenters. The monoisotopic (exact) mass is 453 g/mol. The Morgan fingerprint density at radius 3 is 2.62 bits per heavy atom. The fraction of sp³-hybridized carbons (Fsp3) is 0.409. The highest BCUT2D eigenvalue weighted by Gasteiger charge is 2.18. The minimum Gasteiger partial charge on any atom is -0.322 e. The molecule has 0 aliphatic carbocycles. The van der Waals surface area contributed by atoms with Crippen molar-refractivity contribution in [1.82, 2.24) is 28.9 Å². The molecular formula is C22H27N7O2S. The van der Waals surface area contributed by atoms with Crippen LogP contribution in [0.1, 0.15) is 31.7 Å². The summed E-state index contributed by atoms with van der Waals surface area (Å²) < 4.78 is 5.30. The number of anilines is 1. The number of nitrogens with one attached hydrogen (secondary N) is 1. The molecule has 10 heteroatoms. The lowest BCUT2D eigenvalue weighted by atomic mass is 10.1. The number of para-hydroxylation sites is 1. The molecule has 0 spiro atoms. The highest BCUT2D eigenvalue weighted by Crippen LogP contribution is 2.23. The maximum atomic E-state index is 13.1. The van der Waals surface area contributed by atoms with Gasteiger partial charge in [0.05, 0.1) is 33.7 Å². The molecule has 0 saturated heterocycles. The van der Waals surface area contributed by atoms with Gasteiger partial charge in [0.2, 0.25) is 11.7 Å². The second-order valence-corrected chi connectivity index (χ2v) is 9.22. The normalized spacial score (nSPS) is 11.7. The van der Waals surface area contributed by atoms with Gasteiger partial charge >= 0.3 is 0 Å². The summed E-state index contributed by atoms with van der Waals surface area (Å²) in [7, 11) is 1.85. The molecule has 3 aromatic heterocycles. The number of carbonyl (C=O) groups is 1. The summed E-state index contributed by atoms with van der Waals surface area (Å²) >= 11 is 1.29. The van der Waals surface area contributed by atoms with Crippen LogP contribution in [0.15, 0.2) is 34.2 Å². The number of benzene rings is 1. The van der Waals surface area contributed by atoms with Gasteiger partial charge in [-0.15, -0.1) is 10.2 Å². The summed E-state index contributed by atoms with van der Waals surface area (Å²) in [5.41, 5.74) is 3.07. The van der Waals surface area contributed by atoms with E-state index in [9.17, 15) is 9.59 Å². The Balaban J connectivity index is 1.66. The number of hydrogen-bond donors (Lipinski definition) is 1. The Labute approximate surface area is 189 Å². The van der Waals surface area contributed by atoms with Crippen molar-refractivity contribution in [3.8, 4) is 0 Å². The van der Waals surface area contributed by atoms with Crippen molar-refractivity contribution >= 4 is 40.0 Å². The molecular weight excluding hydrogens is 426 g/mol. The lowest BCUT2D eigenvalue weighted by molar-refractivity contribution is -0.113. The molecule has 0 saturated carbocycles. The zero-order valence-corrected chi connectivity index (χ0v) is 19.7. The van der Waals surface area contributed by atoms with Gasteiger partial charge in [-0.2, -0.15) is 5.10 Å². The SMILES string of the molecule is Cc1nn(C)c(C)c1NC(=O)CSc1nnc2n(CCC(C)C)c(=O)c3ccccc3n12. The van der Waals surface area contributed by atoms with E-state index in [0.717, 1.165) is 29.0 Å². The van der Waals surface area contributed by atoms with Gasteiger partial charge in [0.1, 0.15) is 0 Å². The first-order valence-corrected chi connectivity index (χ1v) is 11.6. The van der Waals surface area contributed by atoms with Crippen LogP contribution >= 0.6 is 11.8 Å². The smallest absolute Gasteiger partial charge is 0.262 e. The third-order valence-electron chi connectivity index (χ3n) is 5.51. The first-order valence-electron chi connectivity index (χ1n) is 10.6. The first-order chi connectivity index (χ1) is 15.3. The molecule has 168 valence electrons. The minimum atomic E-state index is -0.150. The van der Waals surface area contributed by atoms with Gasteiger partial charge in [-0.25, -0.2) is 0 Å². The van der Waals surface area contributed by atoms with Gasteiger partial charge in [0.25, 0.3) is 5.56 Å². The van der Waals surface area contributed by atoms with E-state index >= 15 is 0 Å². The summed E-state index contributed by atoms with van der Waals surface area (Å²) in [5, 5.41) is 17.1. The molecule has 0 radical (unpaired) electrons. The van der Waals surface area contributed by atoms with Crippen LogP contribution in [0.5, 0.6) is 0 Å². The molecule has 0 fully saturated rings. The predicted octanol–water partition coefficient (Wildman–Crippen LogP) is 3.17. The Bertz CT molecular complexity index is 1370. The molecule has 0 aliphatic rings. The Kier molecular flexibility index (Phi) is 6.05. The highest BCUT2D eigenvalue weighted by atomic mass is 32.2. The van der Waals surface area contributed by atoms with E-state index in [-0.39, 0.29) is 17.2 Å². The quantitative estimate of drug-likeness (QED) is 0.432. The fourth-order valence-corrected chi connectivity index (χ4v) is 4.42. The Morgan fingerprint density at radius 2 is 1.94 bits per heavy atom. The van der Waals surface area contributed by atoms with Crippen LogP contribution in [-0.2, 0) is 18.4 Å². The molecule has 0 bridgehead atoms. The first kappa shape index (κ1) is 22.1. The third kappa shape index (κ3) is 4.02. The van der Waals surface area contributed by atoms with E-state index in [1.54, 1.807) is 9.25 Å². The van der Waals surface area contributed by atoms with Crippen molar-refractivity contribution in [3.63, 3.8) is 0 Å². The van der Waals surface area contributed by atoms with Crippen LogP contribution in [0.2, 0.25) is 0 Å². The molecule has 0 unspecified atom stereocenters. The average Bonchev–Trinajstić information content (AvgIpc) is 3.28. The van der Waals surface area contributed by atoms with E-state index in [1.165, 1.54) is 11.8 Å². The van der Waals surface area contributed by atoms with Crippen LogP contribution in [0, 0.1) is 19.8 Å². The van der Waals surface area contributed by atoms with Crippen LogP contribution in [-0.4, -0.2) is 40.6 Å². The van der Waals surface area contributed by atoms with Gasteiger partial charge in [0, 0.05) is 13.6 Å². The fourth-order valence-electron chi connectivity index (χ4n) is 3.68. The second-order valence-electron chi connectivity index (χ2n) is 8.28. The van der Waals surface area contributed by atoms with Gasteiger partial charge in [-0.3, -0.25) is 23.2 Å². The molecule has 4 rings (SSSR count). The van der Waals surface area contributed by atoms with E-state index < -0.39 is 0 Å². The van der Waals surface area contributed by atoms with E-state index in [4.69, 9.17) is 0 Å². The lowest BCUT2D eigenvalue weighted by Gasteiger charge is -2.12. The van der Waals surface area contributed by atoms with Crippen molar-refractivity contribution < 1.29 is 4.79 Å². The van der Waals surface area contributed by atoms with Crippen LogP contribution in [0.25, 0.3) is 16.7 Å². The summed E-state index contributed by atoms with van der Waals surface area (Å²) in [4.78, 5) is 25.7. The number of fused-ring (bicyclic) bond motifs is 3. The van der Waals surface area contributed by atoms with E-state index in [0.29, 0.717) is 28.8 Å². The summed E-state index contributed by atoms with van der Waals surface area (Å²) in [6.45, 7) is 8.59. The number of aryl methyl sites for hydroxylation is 3. The number of aromatic nitrogens is 6. The maximum absolute atomic E-state index is 13.1. The van der Waals surface area contributed by atoms with E-state index in [1.807, 2.05) is 49.6 Å².